The Labute approximate surface area is 191 Å². The fourth-order valence-corrected chi connectivity index (χ4v) is 4.61. The lowest BCUT2D eigenvalue weighted by molar-refractivity contribution is -0.134. The number of hydrogen-bond acceptors (Lipinski definition) is 6. The topological polar surface area (TPSA) is 82.1 Å². The molecule has 0 radical (unpaired) electrons. The van der Waals surface area contributed by atoms with Crippen molar-refractivity contribution in [1.29, 1.82) is 0 Å². The minimum absolute atomic E-state index is 0.154. The van der Waals surface area contributed by atoms with E-state index in [1.54, 1.807) is 6.92 Å². The predicted molar refractivity (Wildman–Crippen MR) is 124 cm³/mol. The molecular formula is C26H38O6. The van der Waals surface area contributed by atoms with Crippen molar-refractivity contribution in [3.8, 4) is 11.5 Å². The Morgan fingerprint density at radius 3 is 2.31 bits per heavy atom. The lowest BCUT2D eigenvalue weighted by Gasteiger charge is -2.37. The summed E-state index contributed by atoms with van der Waals surface area (Å²) in [6.07, 6.45) is 5.14. The van der Waals surface area contributed by atoms with Gasteiger partial charge in [0.2, 0.25) is 0 Å². The quantitative estimate of drug-likeness (QED) is 0.232. The number of carbonyl (C=O) groups excluding carboxylic acids is 2. The molecule has 0 heterocycles. The van der Waals surface area contributed by atoms with Gasteiger partial charge in [0, 0.05) is 19.4 Å². The smallest absolute Gasteiger partial charge is 0.308 e. The van der Waals surface area contributed by atoms with Crippen LogP contribution in [0, 0.1) is 12.8 Å². The largest absolute Gasteiger partial charge is 0.422 e. The summed E-state index contributed by atoms with van der Waals surface area (Å²) in [5, 5.41) is 9.72. The van der Waals surface area contributed by atoms with Gasteiger partial charge in [-0.2, -0.15) is 0 Å². The van der Waals surface area contributed by atoms with Crippen molar-refractivity contribution in [2.75, 3.05) is 6.61 Å². The van der Waals surface area contributed by atoms with Crippen LogP contribution in [0.25, 0.3) is 0 Å². The van der Waals surface area contributed by atoms with Gasteiger partial charge >= 0.3 is 11.9 Å². The first-order valence-corrected chi connectivity index (χ1v) is 11.5. The van der Waals surface area contributed by atoms with Gasteiger partial charge < -0.3 is 19.3 Å². The van der Waals surface area contributed by atoms with Crippen molar-refractivity contribution >= 4 is 11.9 Å². The zero-order valence-electron chi connectivity index (χ0n) is 20.5. The number of esters is 2. The Balaban J connectivity index is 2.57. The molecular weight excluding hydrogens is 408 g/mol. The molecule has 1 aliphatic rings. The number of ether oxygens (including phenoxy) is 3. The molecule has 0 amide bonds. The highest BCUT2D eigenvalue weighted by molar-refractivity contribution is 5.76. The molecule has 0 saturated carbocycles. The monoisotopic (exact) mass is 446 g/mol. The predicted octanol–water partition coefficient (Wildman–Crippen LogP) is 5.54. The second-order valence-electron chi connectivity index (χ2n) is 9.18. The Morgan fingerprint density at radius 1 is 1.12 bits per heavy atom. The third-order valence-corrected chi connectivity index (χ3v) is 6.00. The van der Waals surface area contributed by atoms with Gasteiger partial charge in [-0.05, 0) is 82.3 Å². The van der Waals surface area contributed by atoms with Crippen molar-refractivity contribution in [2.45, 2.75) is 92.3 Å². The second kappa shape index (κ2) is 11.6. The van der Waals surface area contributed by atoms with Crippen LogP contribution in [0.4, 0.5) is 0 Å². The van der Waals surface area contributed by atoms with E-state index in [2.05, 4.69) is 32.9 Å². The first kappa shape index (κ1) is 26.1. The molecule has 0 fully saturated rings. The zero-order chi connectivity index (χ0) is 24.0. The summed E-state index contributed by atoms with van der Waals surface area (Å²) in [7, 11) is 0. The molecule has 0 bridgehead atoms. The van der Waals surface area contributed by atoms with Crippen molar-refractivity contribution in [1.82, 2.24) is 0 Å². The first-order valence-electron chi connectivity index (χ1n) is 11.5. The molecule has 1 aromatic carbocycles. The van der Waals surface area contributed by atoms with E-state index in [0.717, 1.165) is 42.4 Å². The molecule has 1 aliphatic carbocycles. The van der Waals surface area contributed by atoms with Crippen LogP contribution >= 0.6 is 0 Å². The van der Waals surface area contributed by atoms with Crippen LogP contribution in [0.2, 0.25) is 0 Å². The molecule has 32 heavy (non-hydrogen) atoms. The van der Waals surface area contributed by atoms with Gasteiger partial charge in [0.15, 0.2) is 17.8 Å². The summed E-state index contributed by atoms with van der Waals surface area (Å²) in [5.74, 6) is 0.311. The summed E-state index contributed by atoms with van der Waals surface area (Å²) in [4.78, 5) is 23.7. The van der Waals surface area contributed by atoms with E-state index in [1.807, 2.05) is 6.92 Å². The number of aryl methyl sites for hydroxylation is 1. The number of aliphatic hydroxyl groups is 1. The van der Waals surface area contributed by atoms with Crippen molar-refractivity contribution in [3.63, 3.8) is 0 Å². The number of benzene rings is 1. The first-order chi connectivity index (χ1) is 15.0. The normalized spacial score (nSPS) is 19.5. The van der Waals surface area contributed by atoms with Gasteiger partial charge in [0.05, 0.1) is 6.61 Å². The highest BCUT2D eigenvalue weighted by Gasteiger charge is 2.35. The van der Waals surface area contributed by atoms with E-state index in [-0.39, 0.29) is 17.8 Å². The van der Waals surface area contributed by atoms with Gasteiger partial charge in [0.25, 0.3) is 0 Å². The maximum atomic E-state index is 11.9. The third-order valence-electron chi connectivity index (χ3n) is 6.00. The van der Waals surface area contributed by atoms with Gasteiger partial charge in [0.1, 0.15) is 0 Å². The fourth-order valence-electron chi connectivity index (χ4n) is 4.61. The van der Waals surface area contributed by atoms with Crippen LogP contribution in [0.5, 0.6) is 11.5 Å². The maximum Gasteiger partial charge on any atom is 0.308 e. The SMILES string of the molecule is CC(=O)Oc1c(C)cc2c(c1OC(C)=O)[C@H](C)CCC2[C@H](CCC=C(C)C)COC(C)O. The molecule has 2 unspecified atom stereocenters. The Hall–Kier alpha value is -2.18. The molecule has 1 aromatic rings. The third kappa shape index (κ3) is 6.91. The van der Waals surface area contributed by atoms with E-state index < -0.39 is 18.2 Å². The summed E-state index contributed by atoms with van der Waals surface area (Å²) in [6.45, 7) is 12.9. The molecule has 0 saturated heterocycles. The zero-order valence-corrected chi connectivity index (χ0v) is 20.5. The summed E-state index contributed by atoms with van der Waals surface area (Å²) in [5.41, 5.74) is 4.08. The Morgan fingerprint density at radius 2 is 1.75 bits per heavy atom. The molecule has 0 aliphatic heterocycles. The van der Waals surface area contributed by atoms with E-state index in [1.165, 1.54) is 19.4 Å². The number of hydrogen-bond donors (Lipinski definition) is 1. The van der Waals surface area contributed by atoms with Crippen LogP contribution in [0.3, 0.4) is 0 Å². The van der Waals surface area contributed by atoms with E-state index >= 15 is 0 Å². The van der Waals surface area contributed by atoms with Crippen LogP contribution in [-0.4, -0.2) is 29.9 Å². The highest BCUT2D eigenvalue weighted by Crippen LogP contribution is 2.51. The average molecular weight is 447 g/mol. The summed E-state index contributed by atoms with van der Waals surface area (Å²) >= 11 is 0. The van der Waals surface area contributed by atoms with E-state index in [9.17, 15) is 14.7 Å². The summed E-state index contributed by atoms with van der Waals surface area (Å²) < 4.78 is 16.8. The summed E-state index contributed by atoms with van der Waals surface area (Å²) in [6, 6.07) is 2.07. The maximum absolute atomic E-state index is 11.9. The van der Waals surface area contributed by atoms with Crippen LogP contribution in [-0.2, 0) is 14.3 Å². The highest BCUT2D eigenvalue weighted by atomic mass is 16.6. The average Bonchev–Trinajstić information content (AvgIpc) is 2.66. The van der Waals surface area contributed by atoms with E-state index in [4.69, 9.17) is 14.2 Å². The Bertz CT molecular complexity index is 850. The molecule has 0 spiro atoms. The van der Waals surface area contributed by atoms with Gasteiger partial charge in [-0.3, -0.25) is 9.59 Å². The number of fused-ring (bicyclic) bond motifs is 1. The molecule has 4 atom stereocenters. The van der Waals surface area contributed by atoms with Crippen LogP contribution in [0.1, 0.15) is 95.8 Å². The minimum Gasteiger partial charge on any atom is -0.422 e. The number of rotatable bonds is 9. The number of carbonyl (C=O) groups is 2. The van der Waals surface area contributed by atoms with Crippen LogP contribution in [0.15, 0.2) is 17.7 Å². The number of aliphatic hydroxyl groups excluding tert-OH is 1. The van der Waals surface area contributed by atoms with Gasteiger partial charge in [-0.25, -0.2) is 0 Å². The van der Waals surface area contributed by atoms with Crippen molar-refractivity contribution < 1.29 is 28.9 Å². The lowest BCUT2D eigenvalue weighted by atomic mass is 9.70. The lowest BCUT2D eigenvalue weighted by Crippen LogP contribution is -2.26. The molecule has 1 N–H and O–H groups in total. The van der Waals surface area contributed by atoms with Crippen molar-refractivity contribution in [2.24, 2.45) is 5.92 Å². The molecule has 6 nitrogen and oxygen atoms in total. The molecule has 178 valence electrons. The van der Waals surface area contributed by atoms with E-state index in [0.29, 0.717) is 18.1 Å². The molecule has 6 heteroatoms. The minimum atomic E-state index is -0.826. The number of allylic oxidation sites excluding steroid dienone is 2. The fraction of sp³-hybridized carbons (Fsp3) is 0.615. The van der Waals surface area contributed by atoms with Gasteiger partial charge in [-0.15, -0.1) is 0 Å². The van der Waals surface area contributed by atoms with Gasteiger partial charge in [-0.1, -0.05) is 24.6 Å². The molecule has 0 aromatic heterocycles. The van der Waals surface area contributed by atoms with Crippen LogP contribution < -0.4 is 9.47 Å². The van der Waals surface area contributed by atoms with Crippen molar-refractivity contribution in [3.05, 3.63) is 34.4 Å². The second-order valence-corrected chi connectivity index (χ2v) is 9.18. The standard InChI is InChI=1S/C26H38O6/c1-15(2)9-8-10-21(14-30-18(5)27)22-12-11-16(3)24-23(22)13-17(4)25(31-19(6)28)26(24)32-20(7)29/h9,13,16,18,21-22,27H,8,10-12,14H2,1-7H3/t16-,18?,21-,22?/m1/s1. The Kier molecular flexibility index (Phi) is 9.47. The molecule has 2 rings (SSSR count).